The minimum Gasteiger partial charge on any atom is -0.269 e. The van der Waals surface area contributed by atoms with Crippen molar-refractivity contribution in [2.75, 3.05) is 5.43 Å². The number of nitrogens with one attached hydrogen (secondary N) is 1. The van der Waals surface area contributed by atoms with E-state index in [9.17, 15) is 0 Å². The van der Waals surface area contributed by atoms with Gasteiger partial charge in [0.15, 0.2) is 0 Å². The topological polar surface area (TPSA) is 68.0 Å². The fourth-order valence-corrected chi connectivity index (χ4v) is 2.14. The summed E-state index contributed by atoms with van der Waals surface area (Å²) in [6.07, 6.45) is 1.77. The van der Waals surface area contributed by atoms with E-state index in [1.807, 2.05) is 38.4 Å². The molecule has 0 aliphatic carbocycles. The standard InChI is InChI=1S/C14H20N6/c1-6-20-12(5)13(11(4)19-20)8-15-18-14-16-9(2)7-10(3)17-14/h7-8H,6H2,1-5H3,(H,16,17,18). The molecule has 0 amide bonds. The van der Waals surface area contributed by atoms with Gasteiger partial charge < -0.3 is 0 Å². The third kappa shape index (κ3) is 3.01. The van der Waals surface area contributed by atoms with Gasteiger partial charge in [-0.3, -0.25) is 4.68 Å². The summed E-state index contributed by atoms with van der Waals surface area (Å²) in [6.45, 7) is 10.8. The summed E-state index contributed by atoms with van der Waals surface area (Å²) in [6, 6.07) is 1.93. The molecule has 6 heteroatoms. The lowest BCUT2D eigenvalue weighted by molar-refractivity contribution is 0.634. The first-order valence-corrected chi connectivity index (χ1v) is 6.66. The molecule has 106 valence electrons. The second-order valence-corrected chi connectivity index (χ2v) is 4.74. The molecule has 20 heavy (non-hydrogen) atoms. The first kappa shape index (κ1) is 14.2. The average Bonchev–Trinajstić information content (AvgIpc) is 2.64. The Morgan fingerprint density at radius 3 is 2.40 bits per heavy atom. The highest BCUT2D eigenvalue weighted by Crippen LogP contribution is 2.10. The fourth-order valence-electron chi connectivity index (χ4n) is 2.14. The van der Waals surface area contributed by atoms with Crippen LogP contribution in [0.25, 0.3) is 0 Å². The highest BCUT2D eigenvalue weighted by molar-refractivity contribution is 5.82. The number of aromatic nitrogens is 4. The quantitative estimate of drug-likeness (QED) is 0.685. The lowest BCUT2D eigenvalue weighted by atomic mass is 10.2. The van der Waals surface area contributed by atoms with Crippen molar-refractivity contribution in [3.05, 3.63) is 34.4 Å². The first-order valence-electron chi connectivity index (χ1n) is 6.66. The van der Waals surface area contributed by atoms with Crippen LogP contribution < -0.4 is 5.43 Å². The number of aryl methyl sites for hydroxylation is 4. The molecule has 0 aliphatic heterocycles. The minimum absolute atomic E-state index is 0.511. The molecule has 0 fully saturated rings. The van der Waals surface area contributed by atoms with Crippen molar-refractivity contribution in [1.82, 2.24) is 19.7 Å². The molecule has 0 saturated carbocycles. The zero-order valence-corrected chi connectivity index (χ0v) is 12.6. The highest BCUT2D eigenvalue weighted by atomic mass is 15.3. The van der Waals surface area contributed by atoms with Gasteiger partial charge >= 0.3 is 0 Å². The Morgan fingerprint density at radius 1 is 1.20 bits per heavy atom. The molecule has 0 radical (unpaired) electrons. The number of anilines is 1. The van der Waals surface area contributed by atoms with Gasteiger partial charge in [-0.2, -0.15) is 10.2 Å². The molecule has 2 heterocycles. The minimum atomic E-state index is 0.511. The second-order valence-electron chi connectivity index (χ2n) is 4.74. The molecule has 2 aromatic rings. The Labute approximate surface area is 119 Å². The molecule has 2 aromatic heterocycles. The molecule has 0 unspecified atom stereocenters. The number of rotatable bonds is 4. The van der Waals surface area contributed by atoms with Crippen molar-refractivity contribution in [3.8, 4) is 0 Å². The van der Waals surface area contributed by atoms with Crippen molar-refractivity contribution in [2.45, 2.75) is 41.2 Å². The summed E-state index contributed by atoms with van der Waals surface area (Å²) in [7, 11) is 0. The van der Waals surface area contributed by atoms with Crippen LogP contribution in [-0.2, 0) is 6.54 Å². The Bertz CT molecular complexity index is 621. The van der Waals surface area contributed by atoms with Crippen molar-refractivity contribution < 1.29 is 0 Å². The van der Waals surface area contributed by atoms with Crippen LogP contribution in [0.4, 0.5) is 5.95 Å². The zero-order chi connectivity index (χ0) is 14.7. The van der Waals surface area contributed by atoms with E-state index in [0.717, 1.165) is 34.9 Å². The molecule has 0 saturated heterocycles. The Hall–Kier alpha value is -2.24. The van der Waals surface area contributed by atoms with Gasteiger partial charge in [0.05, 0.1) is 11.9 Å². The zero-order valence-electron chi connectivity index (χ0n) is 12.6. The number of hydrogen-bond acceptors (Lipinski definition) is 5. The number of hydrazone groups is 1. The maximum Gasteiger partial charge on any atom is 0.243 e. The molecule has 2 rings (SSSR count). The maximum absolute atomic E-state index is 4.45. The normalized spacial score (nSPS) is 11.2. The summed E-state index contributed by atoms with van der Waals surface area (Å²) in [5, 5.41) is 8.66. The predicted molar refractivity (Wildman–Crippen MR) is 80.1 cm³/mol. The van der Waals surface area contributed by atoms with Crippen LogP contribution >= 0.6 is 0 Å². The van der Waals surface area contributed by atoms with Crippen molar-refractivity contribution in [1.29, 1.82) is 0 Å². The van der Waals surface area contributed by atoms with Crippen LogP contribution in [0.1, 0.15) is 35.3 Å². The Kier molecular flexibility index (Phi) is 4.12. The van der Waals surface area contributed by atoms with Crippen LogP contribution in [0.3, 0.4) is 0 Å². The molecular formula is C14H20N6. The fraction of sp³-hybridized carbons (Fsp3) is 0.429. The van der Waals surface area contributed by atoms with Gasteiger partial charge in [-0.25, -0.2) is 15.4 Å². The van der Waals surface area contributed by atoms with Crippen LogP contribution in [0.15, 0.2) is 11.2 Å². The van der Waals surface area contributed by atoms with Crippen molar-refractivity contribution in [3.63, 3.8) is 0 Å². The van der Waals surface area contributed by atoms with Crippen LogP contribution in [-0.4, -0.2) is 26.0 Å². The lowest BCUT2D eigenvalue weighted by Crippen LogP contribution is -2.01. The van der Waals surface area contributed by atoms with Crippen molar-refractivity contribution >= 4 is 12.2 Å². The van der Waals surface area contributed by atoms with Gasteiger partial charge in [-0.15, -0.1) is 0 Å². The van der Waals surface area contributed by atoms with E-state index in [2.05, 4.69) is 32.5 Å². The molecule has 1 N–H and O–H groups in total. The van der Waals surface area contributed by atoms with E-state index in [-0.39, 0.29) is 0 Å². The summed E-state index contributed by atoms with van der Waals surface area (Å²) in [5.74, 6) is 0.511. The third-order valence-electron chi connectivity index (χ3n) is 3.08. The van der Waals surface area contributed by atoms with E-state index in [0.29, 0.717) is 5.95 Å². The van der Waals surface area contributed by atoms with Gasteiger partial charge in [0.1, 0.15) is 0 Å². The van der Waals surface area contributed by atoms with Crippen molar-refractivity contribution in [2.24, 2.45) is 5.10 Å². The largest absolute Gasteiger partial charge is 0.269 e. The summed E-state index contributed by atoms with van der Waals surface area (Å²) in [4.78, 5) is 8.55. The smallest absolute Gasteiger partial charge is 0.243 e. The third-order valence-corrected chi connectivity index (χ3v) is 3.08. The molecule has 0 atom stereocenters. The second kappa shape index (κ2) is 5.81. The van der Waals surface area contributed by atoms with E-state index in [4.69, 9.17) is 0 Å². The van der Waals surface area contributed by atoms with E-state index in [1.165, 1.54) is 0 Å². The first-order chi connectivity index (χ1) is 9.51. The molecular weight excluding hydrogens is 252 g/mol. The Balaban J connectivity index is 2.16. The van der Waals surface area contributed by atoms with Crippen LogP contribution in [0.5, 0.6) is 0 Å². The van der Waals surface area contributed by atoms with E-state index in [1.54, 1.807) is 6.21 Å². The number of nitrogens with zero attached hydrogens (tertiary/aromatic N) is 5. The van der Waals surface area contributed by atoms with Gasteiger partial charge in [0, 0.05) is 29.2 Å². The SMILES string of the molecule is CCn1nc(C)c(C=NNc2nc(C)cc(C)n2)c1C. The lowest BCUT2D eigenvalue weighted by Gasteiger charge is -2.01. The van der Waals surface area contributed by atoms with Crippen LogP contribution in [0, 0.1) is 27.7 Å². The van der Waals surface area contributed by atoms with Gasteiger partial charge in [0.25, 0.3) is 0 Å². The molecule has 0 aromatic carbocycles. The van der Waals surface area contributed by atoms with Gasteiger partial charge in [0.2, 0.25) is 5.95 Å². The maximum atomic E-state index is 4.45. The van der Waals surface area contributed by atoms with E-state index >= 15 is 0 Å². The van der Waals surface area contributed by atoms with Crippen LogP contribution in [0.2, 0.25) is 0 Å². The predicted octanol–water partition coefficient (Wildman–Crippen LogP) is 2.37. The monoisotopic (exact) mass is 272 g/mol. The summed E-state index contributed by atoms with van der Waals surface area (Å²) >= 11 is 0. The Morgan fingerprint density at radius 2 is 1.85 bits per heavy atom. The summed E-state index contributed by atoms with van der Waals surface area (Å²) < 4.78 is 1.96. The summed E-state index contributed by atoms with van der Waals surface area (Å²) in [5.41, 5.74) is 7.81. The molecule has 0 aliphatic rings. The molecule has 0 spiro atoms. The van der Waals surface area contributed by atoms with E-state index < -0.39 is 0 Å². The number of hydrogen-bond donors (Lipinski definition) is 1. The highest BCUT2D eigenvalue weighted by Gasteiger charge is 2.08. The van der Waals surface area contributed by atoms with Gasteiger partial charge in [-0.05, 0) is 40.7 Å². The average molecular weight is 272 g/mol. The molecule has 6 nitrogen and oxygen atoms in total. The molecule has 0 bridgehead atoms. The van der Waals surface area contributed by atoms with Gasteiger partial charge in [-0.1, -0.05) is 0 Å².